The summed E-state index contributed by atoms with van der Waals surface area (Å²) in [5.74, 6) is 0.0847. The number of benzene rings is 1. The maximum Gasteiger partial charge on any atom is 0.263 e. The van der Waals surface area contributed by atoms with Gasteiger partial charge in [-0.15, -0.1) is 10.2 Å². The van der Waals surface area contributed by atoms with Crippen molar-refractivity contribution in [3.63, 3.8) is 0 Å². The third kappa shape index (κ3) is 3.76. The lowest BCUT2D eigenvalue weighted by Gasteiger charge is -2.31. The molecule has 1 unspecified atom stereocenters. The molecule has 0 N–H and O–H groups in total. The highest BCUT2D eigenvalue weighted by Crippen LogP contribution is 2.20. The Kier molecular flexibility index (Phi) is 5.36. The van der Waals surface area contributed by atoms with E-state index in [1.807, 2.05) is 24.3 Å². The van der Waals surface area contributed by atoms with Crippen molar-refractivity contribution in [2.75, 3.05) is 33.4 Å². The average molecular weight is 398 g/mol. The molecule has 4 rings (SSSR count). The molecule has 0 spiro atoms. The largest absolute Gasteiger partial charge is 0.383 e. The molecule has 3 heterocycles. The second-order valence-corrected chi connectivity index (χ2v) is 6.83. The molecule has 1 fully saturated rings. The average Bonchev–Trinajstić information content (AvgIpc) is 3.23. The maximum absolute atomic E-state index is 13.1. The van der Waals surface area contributed by atoms with Gasteiger partial charge < -0.3 is 18.9 Å². The number of nitrogens with zero attached hydrogens (tertiary/aromatic N) is 6. The quantitative estimate of drug-likeness (QED) is 0.612. The number of aromatic nitrogens is 5. The highest BCUT2D eigenvalue weighted by atomic mass is 16.5. The zero-order valence-electron chi connectivity index (χ0n) is 16.3. The Bertz CT molecular complexity index is 1090. The predicted octanol–water partition coefficient (Wildman–Crippen LogP) is 0.385. The van der Waals surface area contributed by atoms with E-state index >= 15 is 0 Å². The van der Waals surface area contributed by atoms with Crippen LogP contribution in [-0.2, 0) is 23.1 Å². The van der Waals surface area contributed by atoms with Crippen LogP contribution >= 0.6 is 0 Å². The molecule has 3 aromatic rings. The first-order chi connectivity index (χ1) is 14.1. The van der Waals surface area contributed by atoms with Crippen LogP contribution in [0, 0.1) is 0 Å². The summed E-state index contributed by atoms with van der Waals surface area (Å²) in [4.78, 5) is 28.9. The second kappa shape index (κ2) is 8.10. The Hall–Kier alpha value is -3.11. The van der Waals surface area contributed by atoms with Crippen LogP contribution in [0.3, 0.4) is 0 Å². The van der Waals surface area contributed by atoms with Crippen molar-refractivity contribution in [1.82, 2.24) is 29.7 Å². The Morgan fingerprint density at radius 2 is 2.17 bits per heavy atom. The number of methoxy groups -OCH3 is 1. The molecule has 0 aliphatic carbocycles. The number of carbonyl (C=O) groups excluding carboxylic acids is 1. The molecule has 0 saturated carbocycles. The summed E-state index contributed by atoms with van der Waals surface area (Å²) in [6.07, 6.45) is -0.492. The molecule has 1 amide bonds. The van der Waals surface area contributed by atoms with Gasteiger partial charge in [0.1, 0.15) is 11.7 Å². The highest BCUT2D eigenvalue weighted by Gasteiger charge is 2.30. The summed E-state index contributed by atoms with van der Waals surface area (Å²) in [5, 5.41) is 13.1. The molecule has 1 saturated heterocycles. The molecule has 10 heteroatoms. The minimum absolute atomic E-state index is 0.142. The fourth-order valence-electron chi connectivity index (χ4n) is 3.39. The summed E-state index contributed by atoms with van der Waals surface area (Å²) >= 11 is 0. The minimum atomic E-state index is -0.492. The smallest absolute Gasteiger partial charge is 0.263 e. The molecular weight excluding hydrogens is 376 g/mol. The van der Waals surface area contributed by atoms with Crippen molar-refractivity contribution < 1.29 is 14.3 Å². The van der Waals surface area contributed by atoms with Crippen LogP contribution in [0.5, 0.6) is 0 Å². The van der Waals surface area contributed by atoms with Crippen LogP contribution in [0.1, 0.15) is 22.3 Å². The van der Waals surface area contributed by atoms with Gasteiger partial charge in [0.05, 0.1) is 31.8 Å². The van der Waals surface area contributed by atoms with E-state index in [1.165, 1.54) is 9.36 Å². The molecule has 152 valence electrons. The van der Waals surface area contributed by atoms with Gasteiger partial charge in [-0.1, -0.05) is 18.2 Å². The van der Waals surface area contributed by atoms with E-state index in [-0.39, 0.29) is 23.6 Å². The van der Waals surface area contributed by atoms with E-state index in [1.54, 1.807) is 25.1 Å². The third-order valence-corrected chi connectivity index (χ3v) is 4.97. The van der Waals surface area contributed by atoms with Crippen molar-refractivity contribution in [1.29, 1.82) is 0 Å². The van der Waals surface area contributed by atoms with Gasteiger partial charge in [-0.3, -0.25) is 9.59 Å². The number of ether oxygens (including phenoxy) is 2. The lowest BCUT2D eigenvalue weighted by Crippen LogP contribution is -2.44. The van der Waals surface area contributed by atoms with Crippen molar-refractivity contribution in [3.05, 3.63) is 52.1 Å². The zero-order valence-corrected chi connectivity index (χ0v) is 16.3. The van der Waals surface area contributed by atoms with E-state index in [9.17, 15) is 9.59 Å². The number of carbonyl (C=O) groups is 1. The maximum atomic E-state index is 13.1. The Morgan fingerprint density at radius 1 is 1.34 bits per heavy atom. The predicted molar refractivity (Wildman–Crippen MR) is 103 cm³/mol. The second-order valence-electron chi connectivity index (χ2n) is 6.83. The number of rotatable bonds is 5. The lowest BCUT2D eigenvalue weighted by molar-refractivity contribution is -0.0270. The Balaban J connectivity index is 1.56. The number of hydrogen-bond acceptors (Lipinski definition) is 7. The molecule has 0 bridgehead atoms. The fourth-order valence-corrected chi connectivity index (χ4v) is 3.39. The highest BCUT2D eigenvalue weighted by molar-refractivity contribution is 5.97. The van der Waals surface area contributed by atoms with E-state index in [4.69, 9.17) is 9.47 Å². The fraction of sp³-hybridized carbons (Fsp3) is 0.421. The number of morpholine rings is 1. The molecule has 1 aromatic carbocycles. The van der Waals surface area contributed by atoms with E-state index in [0.717, 1.165) is 10.9 Å². The van der Waals surface area contributed by atoms with Crippen LogP contribution < -0.4 is 5.56 Å². The molecule has 2 aromatic heterocycles. The van der Waals surface area contributed by atoms with Gasteiger partial charge in [0.2, 0.25) is 5.82 Å². The van der Waals surface area contributed by atoms with Crippen molar-refractivity contribution in [3.8, 4) is 0 Å². The Morgan fingerprint density at radius 3 is 3.00 bits per heavy atom. The monoisotopic (exact) mass is 398 g/mol. The summed E-state index contributed by atoms with van der Waals surface area (Å²) in [5.41, 5.74) is 0.606. The molecule has 10 nitrogen and oxygen atoms in total. The van der Waals surface area contributed by atoms with Gasteiger partial charge in [-0.2, -0.15) is 4.80 Å². The normalized spacial score (nSPS) is 17.0. The number of hydrogen-bond donors (Lipinski definition) is 0. The molecule has 1 aliphatic rings. The third-order valence-electron chi connectivity index (χ3n) is 4.97. The summed E-state index contributed by atoms with van der Waals surface area (Å²) in [6, 6.07) is 9.14. The van der Waals surface area contributed by atoms with Crippen LogP contribution in [0.2, 0.25) is 0 Å². The van der Waals surface area contributed by atoms with Gasteiger partial charge in [0.15, 0.2) is 0 Å². The number of aryl methyl sites for hydroxylation is 1. The van der Waals surface area contributed by atoms with Gasteiger partial charge >= 0.3 is 0 Å². The minimum Gasteiger partial charge on any atom is -0.383 e. The van der Waals surface area contributed by atoms with Gasteiger partial charge in [-0.25, -0.2) is 0 Å². The summed E-state index contributed by atoms with van der Waals surface area (Å²) in [7, 11) is 3.27. The first-order valence-corrected chi connectivity index (χ1v) is 9.35. The van der Waals surface area contributed by atoms with Gasteiger partial charge in [0.25, 0.3) is 11.5 Å². The molecule has 1 atom stereocenters. The van der Waals surface area contributed by atoms with E-state index in [2.05, 4.69) is 15.4 Å². The summed E-state index contributed by atoms with van der Waals surface area (Å²) in [6.45, 7) is 1.92. The van der Waals surface area contributed by atoms with E-state index in [0.29, 0.717) is 32.1 Å². The standard InChI is InChI=1S/C19H22N6O4/c1-23-15-6-4-3-5-13(15)11-14(18(23)26)19(27)24-7-10-29-16(12-24)17-20-22-25(21-17)8-9-28-2/h3-6,11,16H,7-10,12H2,1-2H3. The van der Waals surface area contributed by atoms with Gasteiger partial charge in [-0.05, 0) is 22.7 Å². The first-order valence-electron chi connectivity index (χ1n) is 9.35. The van der Waals surface area contributed by atoms with Crippen LogP contribution in [0.25, 0.3) is 10.9 Å². The number of tetrazole rings is 1. The Labute approximate surface area is 166 Å². The van der Waals surface area contributed by atoms with Crippen LogP contribution in [0.4, 0.5) is 0 Å². The van der Waals surface area contributed by atoms with Crippen LogP contribution in [-0.4, -0.2) is 69.0 Å². The number of para-hydroxylation sites is 1. The lowest BCUT2D eigenvalue weighted by atomic mass is 10.1. The first kappa shape index (κ1) is 19.2. The molecular formula is C19H22N6O4. The molecule has 0 radical (unpaired) electrons. The van der Waals surface area contributed by atoms with Crippen molar-refractivity contribution in [2.45, 2.75) is 12.6 Å². The van der Waals surface area contributed by atoms with E-state index < -0.39 is 6.10 Å². The summed E-state index contributed by atoms with van der Waals surface area (Å²) < 4.78 is 12.2. The SMILES string of the molecule is COCCn1nnc(C2CN(C(=O)c3cc4ccccc4n(C)c3=O)CCO2)n1. The number of pyridine rings is 1. The molecule has 1 aliphatic heterocycles. The zero-order chi connectivity index (χ0) is 20.4. The number of fused-ring (bicyclic) bond motifs is 1. The van der Waals surface area contributed by atoms with Gasteiger partial charge in [0, 0.05) is 20.7 Å². The van der Waals surface area contributed by atoms with Crippen LogP contribution in [0.15, 0.2) is 35.1 Å². The number of amides is 1. The van der Waals surface area contributed by atoms with Crippen molar-refractivity contribution in [2.24, 2.45) is 7.05 Å². The molecule has 29 heavy (non-hydrogen) atoms. The topological polar surface area (TPSA) is 104 Å². The van der Waals surface area contributed by atoms with Crippen molar-refractivity contribution >= 4 is 16.8 Å².